The molecule has 0 radical (unpaired) electrons. The Kier molecular flexibility index (Phi) is 7.05. The second kappa shape index (κ2) is 11.3. The number of hydrogen-bond acceptors (Lipinski definition) is 6. The first-order chi connectivity index (χ1) is 26.4. The van der Waals surface area contributed by atoms with Crippen LogP contribution >= 0.6 is 0 Å². The monoisotopic (exact) mass is 802 g/mol. The maximum atomic E-state index is 16.3. The highest BCUT2D eigenvalue weighted by atomic mass is 19.2. The summed E-state index contributed by atoms with van der Waals surface area (Å²) in [6.07, 6.45) is 0. The fourth-order valence-electron chi connectivity index (χ4n) is 6.24. The molecule has 0 spiro atoms. The quantitative estimate of drug-likeness (QED) is 0.0934. The molecular formula is C32H2F16N8. The fourth-order valence-corrected chi connectivity index (χ4v) is 6.24. The number of benzene rings is 4. The van der Waals surface area contributed by atoms with E-state index in [1.807, 2.05) is 4.98 Å². The highest BCUT2D eigenvalue weighted by Crippen LogP contribution is 2.44. The first-order valence-electron chi connectivity index (χ1n) is 14.7. The maximum Gasteiger partial charge on any atom is 0.198 e. The molecule has 0 saturated heterocycles. The summed E-state index contributed by atoms with van der Waals surface area (Å²) in [6.45, 7) is 0. The number of aromatic nitrogens is 8. The zero-order valence-electron chi connectivity index (χ0n) is 25.8. The molecule has 8 nitrogen and oxygen atoms in total. The Hall–Kier alpha value is -6.88. The van der Waals surface area contributed by atoms with Crippen LogP contribution in [0.2, 0.25) is 0 Å². The molecule has 0 fully saturated rings. The van der Waals surface area contributed by atoms with Crippen molar-refractivity contribution in [3.05, 3.63) is 93.3 Å². The number of rotatable bonds is 0. The van der Waals surface area contributed by atoms with E-state index < -0.39 is 182 Å². The van der Waals surface area contributed by atoms with E-state index in [1.165, 1.54) is 0 Å². The van der Waals surface area contributed by atoms with Gasteiger partial charge in [0.05, 0.1) is 38.2 Å². The van der Waals surface area contributed by atoms with Crippen LogP contribution in [-0.2, 0) is 0 Å². The van der Waals surface area contributed by atoms with Gasteiger partial charge in [0, 0.05) is 5.56 Å². The zero-order valence-corrected chi connectivity index (χ0v) is 25.8. The minimum atomic E-state index is -2.63. The van der Waals surface area contributed by atoms with Crippen molar-refractivity contribution in [3.63, 3.8) is 0 Å². The Morgan fingerprint density at radius 3 is 1.20 bits per heavy atom. The van der Waals surface area contributed by atoms with Crippen LogP contribution in [0.25, 0.3) is 89.7 Å². The van der Waals surface area contributed by atoms with Gasteiger partial charge in [-0.3, -0.25) is 0 Å². The summed E-state index contributed by atoms with van der Waals surface area (Å²) in [7, 11) is 0. The molecule has 3 aromatic heterocycles. The summed E-state index contributed by atoms with van der Waals surface area (Å²) >= 11 is 0. The molecule has 0 aliphatic carbocycles. The zero-order chi connectivity index (χ0) is 40.1. The normalized spacial score (nSPS) is 12.3. The third-order valence-corrected chi connectivity index (χ3v) is 8.69. The molecule has 9 rings (SSSR count). The minimum Gasteiger partial charge on any atom is -0.324 e. The SMILES string of the molecule is Fc1cc2c(c(F)c1F)-c1nc-2nc2[nH]c(nc3nc(nc4c5c(F)c(F)c(F)c(F)c5c(n1)n4F)-c1c(F)c(F)c(F)c(F)c1-3)c1c(F)c(F)c(F)c(F)c21. The highest BCUT2D eigenvalue weighted by molar-refractivity contribution is 6.07. The van der Waals surface area contributed by atoms with Crippen molar-refractivity contribution in [2.75, 3.05) is 0 Å². The van der Waals surface area contributed by atoms with Crippen LogP contribution in [0.5, 0.6) is 0 Å². The molecule has 24 heteroatoms. The van der Waals surface area contributed by atoms with Gasteiger partial charge in [0.2, 0.25) is 0 Å². The molecule has 1 N–H and O–H groups in total. The van der Waals surface area contributed by atoms with E-state index in [0.717, 1.165) is 0 Å². The lowest BCUT2D eigenvalue weighted by atomic mass is 10.1. The van der Waals surface area contributed by atoms with Gasteiger partial charge < -0.3 is 4.98 Å². The van der Waals surface area contributed by atoms with Gasteiger partial charge in [-0.05, 0) is 6.07 Å². The van der Waals surface area contributed by atoms with Gasteiger partial charge in [0.25, 0.3) is 0 Å². The molecule has 7 aromatic rings. The van der Waals surface area contributed by atoms with Gasteiger partial charge in [0.15, 0.2) is 122 Å². The molecular weight excluding hydrogens is 800 g/mol. The highest BCUT2D eigenvalue weighted by Gasteiger charge is 2.36. The average molecular weight is 802 g/mol. The van der Waals surface area contributed by atoms with Gasteiger partial charge in [-0.15, -0.1) is 4.79 Å². The summed E-state index contributed by atoms with van der Waals surface area (Å²) in [5, 5.41) is -6.24. The molecule has 2 aliphatic heterocycles. The van der Waals surface area contributed by atoms with Crippen molar-refractivity contribution in [1.29, 1.82) is 0 Å². The Labute approximate surface area is 293 Å². The van der Waals surface area contributed by atoms with E-state index in [2.05, 4.69) is 29.9 Å². The van der Waals surface area contributed by atoms with E-state index >= 15 is 35.2 Å². The summed E-state index contributed by atoms with van der Waals surface area (Å²) < 4.78 is 241. The topological polar surface area (TPSA) is 98.1 Å². The van der Waals surface area contributed by atoms with E-state index in [-0.39, 0.29) is 6.07 Å². The smallest absolute Gasteiger partial charge is 0.198 e. The number of nitrogens with one attached hydrogen (secondary N) is 1. The van der Waals surface area contributed by atoms with Crippen molar-refractivity contribution in [2.24, 2.45) is 0 Å². The summed E-state index contributed by atoms with van der Waals surface area (Å²) in [5.74, 6) is -41.5. The maximum absolute atomic E-state index is 16.3. The molecule has 56 heavy (non-hydrogen) atoms. The van der Waals surface area contributed by atoms with Crippen LogP contribution in [0.3, 0.4) is 0 Å². The predicted molar refractivity (Wildman–Crippen MR) is 156 cm³/mol. The average Bonchev–Trinajstić information content (AvgIpc) is 3.89. The van der Waals surface area contributed by atoms with Crippen LogP contribution < -0.4 is 0 Å². The molecule has 0 amide bonds. The van der Waals surface area contributed by atoms with E-state index in [0.29, 0.717) is 0 Å². The number of nitrogens with zero attached hydrogens (tertiary/aromatic N) is 7. The first-order valence-corrected chi connectivity index (χ1v) is 14.7. The Bertz CT molecular complexity index is 3230. The van der Waals surface area contributed by atoms with Crippen LogP contribution in [-0.4, -0.2) is 39.7 Å². The second-order valence-corrected chi connectivity index (χ2v) is 11.6. The number of H-pyrrole nitrogens is 1. The number of halogens is 16. The Morgan fingerprint density at radius 2 is 0.714 bits per heavy atom. The van der Waals surface area contributed by atoms with Crippen LogP contribution in [0.1, 0.15) is 0 Å². The summed E-state index contributed by atoms with van der Waals surface area (Å²) in [6, 6.07) is 0.162. The van der Waals surface area contributed by atoms with E-state index in [4.69, 9.17) is 0 Å². The Balaban J connectivity index is 1.62. The van der Waals surface area contributed by atoms with Crippen molar-refractivity contribution in [3.8, 4) is 45.6 Å². The lowest BCUT2D eigenvalue weighted by Gasteiger charge is -2.05. The molecule has 8 bridgehead atoms. The number of hydrogen-bond donors (Lipinski definition) is 1. The van der Waals surface area contributed by atoms with Crippen molar-refractivity contribution in [2.45, 2.75) is 0 Å². The van der Waals surface area contributed by atoms with Gasteiger partial charge >= 0.3 is 0 Å². The predicted octanol–water partition coefficient (Wildman–Crippen LogP) is 9.16. The van der Waals surface area contributed by atoms with Crippen molar-refractivity contribution in [1.82, 2.24) is 39.7 Å². The van der Waals surface area contributed by atoms with Gasteiger partial charge in [0.1, 0.15) is 11.3 Å². The lowest BCUT2D eigenvalue weighted by molar-refractivity contribution is 0.398. The van der Waals surface area contributed by atoms with Crippen LogP contribution in [0, 0.1) is 87.3 Å². The number of aromatic amines is 1. The molecule has 0 atom stereocenters. The minimum absolute atomic E-state index is 0.162. The van der Waals surface area contributed by atoms with Crippen molar-refractivity contribution < 1.29 is 70.3 Å². The molecule has 4 aromatic carbocycles. The standard InChI is InChI=1S/C32H2F16N8/c33-3-1-2-4(12(35)11(3)34)26-49-25(2)50-27-5-6(14(37)20(43)19(42)13(5)36)28(51-27)52-29-7-8(16(39)22(45)21(44)15(7)38)30(53-29)55-32-10-9(31(54-26)56(32)48)17(40)23(46)24(47)18(10)41/h1H,(H,49,50,51,52,53,54,55). The molecule has 2 aliphatic rings. The van der Waals surface area contributed by atoms with E-state index in [9.17, 15) is 35.1 Å². The largest absolute Gasteiger partial charge is 0.324 e. The van der Waals surface area contributed by atoms with Crippen LogP contribution in [0.15, 0.2) is 6.07 Å². The van der Waals surface area contributed by atoms with Crippen molar-refractivity contribution >= 4 is 44.1 Å². The fraction of sp³-hybridized carbons (Fsp3) is 0. The number of fused-ring (bicyclic) bond motifs is 20. The molecule has 282 valence electrons. The molecule has 5 heterocycles. The van der Waals surface area contributed by atoms with Gasteiger partial charge in [-0.1, -0.05) is 4.48 Å². The first kappa shape index (κ1) is 34.9. The van der Waals surface area contributed by atoms with Gasteiger partial charge in [-0.2, -0.15) is 0 Å². The van der Waals surface area contributed by atoms with E-state index in [1.54, 1.807) is 0 Å². The Morgan fingerprint density at radius 1 is 0.357 bits per heavy atom. The van der Waals surface area contributed by atoms with Gasteiger partial charge in [-0.25, -0.2) is 95.8 Å². The summed E-state index contributed by atoms with van der Waals surface area (Å²) in [4.78, 5) is 22.3. The van der Waals surface area contributed by atoms with Crippen LogP contribution in [0.4, 0.5) is 70.3 Å². The lowest BCUT2D eigenvalue weighted by Crippen LogP contribution is -2.01. The molecule has 0 saturated carbocycles. The third-order valence-electron chi connectivity index (χ3n) is 8.69. The summed E-state index contributed by atoms with van der Waals surface area (Å²) in [5.41, 5.74) is -11.4. The third kappa shape index (κ3) is 4.27. The second-order valence-electron chi connectivity index (χ2n) is 11.6. The molecule has 0 unspecified atom stereocenters.